The molecule has 1 N–H and O–H groups in total. The third-order valence-corrected chi connectivity index (χ3v) is 3.17. The molecule has 0 unspecified atom stereocenters. The molecule has 2 aromatic carbocycles. The van der Waals surface area contributed by atoms with Crippen LogP contribution >= 0.6 is 28.6 Å². The van der Waals surface area contributed by atoms with Gasteiger partial charge in [0.05, 0.1) is 11.4 Å². The largest absolute Gasteiger partial charge is 0.324 e. The molecule has 0 fully saturated rings. The van der Waals surface area contributed by atoms with Crippen LogP contribution in [0.25, 0.3) is 0 Å². The van der Waals surface area contributed by atoms with Crippen LogP contribution in [0.5, 0.6) is 0 Å². The van der Waals surface area contributed by atoms with Crippen molar-refractivity contribution in [3.63, 3.8) is 0 Å². The fourth-order valence-electron chi connectivity index (χ4n) is 2.09. The maximum absolute atomic E-state index is 11.7. The van der Waals surface area contributed by atoms with E-state index >= 15 is 0 Å². The molecule has 0 spiro atoms. The van der Waals surface area contributed by atoms with Crippen molar-refractivity contribution in [2.24, 2.45) is 4.99 Å². The zero-order chi connectivity index (χ0) is 13.2. The molecule has 3 rings (SSSR count). The summed E-state index contributed by atoms with van der Waals surface area (Å²) in [6.45, 7) is 0.122. The van der Waals surface area contributed by atoms with Crippen LogP contribution < -0.4 is 5.32 Å². The molecule has 5 heteroatoms. The monoisotopic (exact) mass is 350 g/mol. The number of halogens is 2. The van der Waals surface area contributed by atoms with Crippen molar-refractivity contribution in [2.75, 3.05) is 11.9 Å². The number of carbonyl (C=O) groups excluding carboxylic acids is 1. The van der Waals surface area contributed by atoms with E-state index in [-0.39, 0.29) is 29.4 Å². The van der Waals surface area contributed by atoms with Crippen molar-refractivity contribution in [1.29, 1.82) is 0 Å². The second kappa shape index (κ2) is 6.20. The fraction of sp³-hybridized carbons (Fsp3) is 0.0667. The third kappa shape index (κ3) is 2.92. The molecular weight excluding hydrogens is 340 g/mol. The maximum Gasteiger partial charge on any atom is 0.246 e. The van der Waals surface area contributed by atoms with E-state index in [1.165, 1.54) is 0 Å². The van der Waals surface area contributed by atoms with Crippen LogP contribution in [-0.4, -0.2) is 18.2 Å². The van der Waals surface area contributed by atoms with Gasteiger partial charge in [-0.3, -0.25) is 9.79 Å². The van der Waals surface area contributed by atoms with Crippen LogP contribution in [0.2, 0.25) is 5.02 Å². The first-order valence-corrected chi connectivity index (χ1v) is 6.31. The van der Waals surface area contributed by atoms with Gasteiger partial charge in [-0.15, -0.1) is 17.0 Å². The lowest BCUT2D eigenvalue weighted by Crippen LogP contribution is -2.13. The molecule has 1 heterocycles. The number of carbonyl (C=O) groups is 1. The molecule has 0 bridgehead atoms. The second-order valence-electron chi connectivity index (χ2n) is 4.27. The van der Waals surface area contributed by atoms with E-state index in [2.05, 4.69) is 10.3 Å². The van der Waals surface area contributed by atoms with Crippen LogP contribution in [-0.2, 0) is 4.79 Å². The lowest BCUT2D eigenvalue weighted by Gasteiger charge is -2.10. The summed E-state index contributed by atoms with van der Waals surface area (Å²) in [6.07, 6.45) is 0. The Hall–Kier alpha value is -1.65. The summed E-state index contributed by atoms with van der Waals surface area (Å²) >= 11 is 6.05. The van der Waals surface area contributed by atoms with Gasteiger partial charge in [0.15, 0.2) is 0 Å². The molecule has 0 aromatic heterocycles. The topological polar surface area (TPSA) is 41.5 Å². The average Bonchev–Trinajstić information content (AvgIpc) is 2.58. The fourth-order valence-corrected chi connectivity index (χ4v) is 2.26. The number of fused-ring (bicyclic) bond motifs is 1. The highest BCUT2D eigenvalue weighted by Gasteiger charge is 2.17. The number of amides is 1. The van der Waals surface area contributed by atoms with E-state index in [4.69, 9.17) is 11.6 Å². The van der Waals surface area contributed by atoms with Gasteiger partial charge in [0.1, 0.15) is 6.54 Å². The lowest BCUT2D eigenvalue weighted by molar-refractivity contribution is -0.114. The second-order valence-corrected chi connectivity index (χ2v) is 4.71. The molecule has 0 saturated heterocycles. The van der Waals surface area contributed by atoms with Gasteiger partial charge in [-0.05, 0) is 18.2 Å². The Balaban J connectivity index is 0.00000147. The molecule has 0 radical (unpaired) electrons. The van der Waals surface area contributed by atoms with Crippen molar-refractivity contribution in [3.05, 3.63) is 64.7 Å². The minimum atomic E-state index is -0.116. The summed E-state index contributed by atoms with van der Waals surface area (Å²) in [7, 11) is 0. The molecule has 102 valence electrons. The van der Waals surface area contributed by atoms with Crippen molar-refractivity contribution < 1.29 is 4.79 Å². The predicted molar refractivity (Wildman–Crippen MR) is 87.4 cm³/mol. The SMILES string of the molecule is Br.O=C1CN=C(c2ccccc2)c2cc(Cl)ccc2N1. The summed E-state index contributed by atoms with van der Waals surface area (Å²) in [4.78, 5) is 16.1. The molecule has 1 amide bonds. The van der Waals surface area contributed by atoms with Crippen molar-refractivity contribution in [2.45, 2.75) is 0 Å². The Bertz CT molecular complexity index is 671. The van der Waals surface area contributed by atoms with E-state index in [1.807, 2.05) is 36.4 Å². The molecule has 2 aromatic rings. The normalized spacial score (nSPS) is 13.4. The summed E-state index contributed by atoms with van der Waals surface area (Å²) in [5, 5.41) is 3.46. The van der Waals surface area contributed by atoms with E-state index in [9.17, 15) is 4.79 Å². The van der Waals surface area contributed by atoms with Crippen LogP contribution in [0.4, 0.5) is 5.69 Å². The molecule has 0 aliphatic carbocycles. The van der Waals surface area contributed by atoms with Gasteiger partial charge < -0.3 is 5.32 Å². The number of benzene rings is 2. The number of hydrogen-bond donors (Lipinski definition) is 1. The Morgan fingerprint density at radius 3 is 2.60 bits per heavy atom. The number of rotatable bonds is 1. The van der Waals surface area contributed by atoms with E-state index in [0.29, 0.717) is 5.02 Å². The number of nitrogens with one attached hydrogen (secondary N) is 1. The van der Waals surface area contributed by atoms with E-state index < -0.39 is 0 Å². The number of nitrogens with zero attached hydrogens (tertiary/aromatic N) is 1. The molecule has 1 aliphatic rings. The molecular formula is C15H12BrClN2O. The zero-order valence-electron chi connectivity index (χ0n) is 10.5. The van der Waals surface area contributed by atoms with Gasteiger partial charge in [-0.1, -0.05) is 41.9 Å². The average molecular weight is 352 g/mol. The standard InChI is InChI=1S/C15H11ClN2O.BrH/c16-11-6-7-13-12(8-11)15(17-9-14(19)18-13)10-4-2-1-3-5-10;/h1-8H,9H2,(H,18,19);1H. The van der Waals surface area contributed by atoms with Crippen molar-refractivity contribution >= 4 is 45.9 Å². The highest BCUT2D eigenvalue weighted by Crippen LogP contribution is 2.25. The summed E-state index contributed by atoms with van der Waals surface area (Å²) in [5.74, 6) is -0.116. The Labute approximate surface area is 132 Å². The molecule has 1 aliphatic heterocycles. The maximum atomic E-state index is 11.7. The first-order chi connectivity index (χ1) is 9.24. The summed E-state index contributed by atoms with van der Waals surface area (Å²) in [6, 6.07) is 15.2. The van der Waals surface area contributed by atoms with Crippen molar-refractivity contribution in [3.8, 4) is 0 Å². The Morgan fingerprint density at radius 2 is 1.85 bits per heavy atom. The van der Waals surface area contributed by atoms with Gasteiger partial charge in [-0.2, -0.15) is 0 Å². The summed E-state index contributed by atoms with van der Waals surface area (Å²) < 4.78 is 0. The van der Waals surface area contributed by atoms with Gasteiger partial charge in [0, 0.05) is 16.1 Å². The van der Waals surface area contributed by atoms with E-state index in [0.717, 1.165) is 22.5 Å². The number of benzodiazepines with no additional fused rings is 1. The quantitative estimate of drug-likeness (QED) is 0.836. The van der Waals surface area contributed by atoms with Gasteiger partial charge in [-0.25, -0.2) is 0 Å². The highest BCUT2D eigenvalue weighted by atomic mass is 79.9. The van der Waals surface area contributed by atoms with Gasteiger partial charge in [0.25, 0.3) is 0 Å². The smallest absolute Gasteiger partial charge is 0.246 e. The highest BCUT2D eigenvalue weighted by molar-refractivity contribution is 8.93. The molecule has 0 atom stereocenters. The molecule has 3 nitrogen and oxygen atoms in total. The zero-order valence-corrected chi connectivity index (χ0v) is 12.9. The predicted octanol–water partition coefficient (Wildman–Crippen LogP) is 3.71. The first-order valence-electron chi connectivity index (χ1n) is 5.94. The number of hydrogen-bond acceptors (Lipinski definition) is 2. The minimum absolute atomic E-state index is 0. The lowest BCUT2D eigenvalue weighted by atomic mass is 10.0. The first kappa shape index (κ1) is 14.8. The van der Waals surface area contributed by atoms with E-state index in [1.54, 1.807) is 12.1 Å². The Kier molecular flexibility index (Phi) is 4.57. The molecule has 0 saturated carbocycles. The van der Waals surface area contributed by atoms with Gasteiger partial charge in [0.2, 0.25) is 5.91 Å². The minimum Gasteiger partial charge on any atom is -0.324 e. The van der Waals surface area contributed by atoms with Crippen LogP contribution in [0.3, 0.4) is 0 Å². The summed E-state index contributed by atoms with van der Waals surface area (Å²) in [5.41, 5.74) is 3.36. The van der Waals surface area contributed by atoms with Crippen LogP contribution in [0.1, 0.15) is 11.1 Å². The van der Waals surface area contributed by atoms with Crippen LogP contribution in [0, 0.1) is 0 Å². The number of anilines is 1. The number of aliphatic imine (C=N–C) groups is 1. The molecule has 20 heavy (non-hydrogen) atoms. The van der Waals surface area contributed by atoms with Crippen molar-refractivity contribution in [1.82, 2.24) is 0 Å². The van der Waals surface area contributed by atoms with Crippen LogP contribution in [0.15, 0.2) is 53.5 Å². The third-order valence-electron chi connectivity index (χ3n) is 2.94. The van der Waals surface area contributed by atoms with Gasteiger partial charge >= 0.3 is 0 Å². The Morgan fingerprint density at radius 1 is 1.10 bits per heavy atom.